The van der Waals surface area contributed by atoms with Gasteiger partial charge in [-0.3, -0.25) is 4.79 Å². The van der Waals surface area contributed by atoms with Crippen molar-refractivity contribution in [1.29, 1.82) is 0 Å². The first-order valence-corrected chi connectivity index (χ1v) is 7.27. The van der Waals surface area contributed by atoms with Crippen LogP contribution in [-0.2, 0) is 19.4 Å². The van der Waals surface area contributed by atoms with Crippen molar-refractivity contribution in [2.45, 2.75) is 43.0 Å². The fourth-order valence-corrected chi connectivity index (χ4v) is 4.37. The molecule has 0 aliphatic carbocycles. The number of carbonyl (C=O) groups excluding carboxylic acids is 1. The second kappa shape index (κ2) is 4.33. The molecule has 5 nitrogen and oxygen atoms in total. The molecule has 0 radical (unpaired) electrons. The monoisotopic (exact) mass is 247 g/mol. The van der Waals surface area contributed by atoms with E-state index in [2.05, 4.69) is 10.1 Å². The van der Waals surface area contributed by atoms with Gasteiger partial charge in [0.25, 0.3) is 0 Å². The van der Waals surface area contributed by atoms with Crippen LogP contribution < -0.4 is 5.32 Å². The van der Waals surface area contributed by atoms with E-state index in [1.807, 2.05) is 0 Å². The number of fused-ring (bicyclic) bond motifs is 2. The molecule has 0 aromatic heterocycles. The Labute approximate surface area is 95.5 Å². The van der Waals surface area contributed by atoms with Gasteiger partial charge in [0, 0.05) is 12.1 Å². The zero-order valence-electron chi connectivity index (χ0n) is 9.31. The molecule has 0 saturated carbocycles. The summed E-state index contributed by atoms with van der Waals surface area (Å²) in [5, 5.41) is 3.01. The molecule has 2 aliphatic rings. The lowest BCUT2D eigenvalue weighted by molar-refractivity contribution is -0.137. The van der Waals surface area contributed by atoms with Gasteiger partial charge in [0.2, 0.25) is 0 Å². The third-order valence-corrected chi connectivity index (χ3v) is 5.52. The van der Waals surface area contributed by atoms with Crippen LogP contribution in [0.3, 0.4) is 0 Å². The van der Waals surface area contributed by atoms with E-state index in [0.717, 1.165) is 12.8 Å². The number of sulfone groups is 1. The fraction of sp³-hybridized carbons (Fsp3) is 0.900. The summed E-state index contributed by atoms with van der Waals surface area (Å²) in [6.07, 6.45) is 3.37. The first kappa shape index (κ1) is 11.9. The molecule has 2 heterocycles. The van der Waals surface area contributed by atoms with Crippen LogP contribution in [0.25, 0.3) is 0 Å². The van der Waals surface area contributed by atoms with Crippen molar-refractivity contribution in [3.63, 3.8) is 0 Å². The van der Waals surface area contributed by atoms with Gasteiger partial charge in [-0.2, -0.15) is 0 Å². The number of piperidine rings is 1. The average Bonchev–Trinajstić information content (AvgIpc) is 2.56. The molecular weight excluding hydrogens is 230 g/mol. The molecule has 16 heavy (non-hydrogen) atoms. The van der Waals surface area contributed by atoms with Crippen molar-refractivity contribution in [3.05, 3.63) is 0 Å². The van der Waals surface area contributed by atoms with Crippen LogP contribution >= 0.6 is 0 Å². The Hall–Kier alpha value is -0.620. The van der Waals surface area contributed by atoms with Crippen LogP contribution in [0.2, 0.25) is 0 Å². The molecule has 0 spiro atoms. The van der Waals surface area contributed by atoms with E-state index >= 15 is 0 Å². The molecule has 2 aliphatic heterocycles. The maximum Gasteiger partial charge on any atom is 0.320 e. The Balaban J connectivity index is 2.04. The first-order chi connectivity index (χ1) is 7.51. The highest BCUT2D eigenvalue weighted by molar-refractivity contribution is 7.92. The second-order valence-corrected chi connectivity index (χ2v) is 6.90. The molecule has 0 amide bonds. The van der Waals surface area contributed by atoms with E-state index in [0.29, 0.717) is 24.9 Å². The number of hydrogen-bond acceptors (Lipinski definition) is 5. The third kappa shape index (κ3) is 2.38. The van der Waals surface area contributed by atoms with Gasteiger partial charge in [-0.15, -0.1) is 0 Å². The molecule has 2 bridgehead atoms. The number of carbonyl (C=O) groups is 1. The quantitative estimate of drug-likeness (QED) is 0.703. The Bertz CT molecular complexity index is 366. The zero-order chi connectivity index (χ0) is 11.8. The number of rotatable bonds is 3. The lowest BCUT2D eigenvalue weighted by Gasteiger charge is -2.28. The van der Waals surface area contributed by atoms with Gasteiger partial charge >= 0.3 is 5.97 Å². The summed E-state index contributed by atoms with van der Waals surface area (Å²) in [7, 11) is -2.12. The highest BCUT2D eigenvalue weighted by Crippen LogP contribution is 2.30. The summed E-state index contributed by atoms with van der Waals surface area (Å²) >= 11 is 0. The van der Waals surface area contributed by atoms with Crippen LogP contribution in [0.4, 0.5) is 0 Å². The Morgan fingerprint density at radius 3 is 2.38 bits per heavy atom. The molecule has 0 aromatic carbocycles. The highest BCUT2D eigenvalue weighted by atomic mass is 32.2. The molecule has 2 rings (SSSR count). The average molecular weight is 247 g/mol. The van der Waals surface area contributed by atoms with Gasteiger partial charge in [0.15, 0.2) is 9.84 Å². The van der Waals surface area contributed by atoms with Crippen molar-refractivity contribution in [2.75, 3.05) is 12.9 Å². The van der Waals surface area contributed by atoms with Crippen molar-refractivity contribution < 1.29 is 17.9 Å². The predicted octanol–water partition coefficient (Wildman–Crippen LogP) is -0.143. The van der Waals surface area contributed by atoms with Crippen LogP contribution in [0.1, 0.15) is 25.7 Å². The van der Waals surface area contributed by atoms with Gasteiger partial charge in [-0.1, -0.05) is 0 Å². The van der Waals surface area contributed by atoms with Gasteiger partial charge in [0.05, 0.1) is 12.4 Å². The molecule has 2 saturated heterocycles. The second-order valence-electron chi connectivity index (χ2n) is 4.61. The van der Waals surface area contributed by atoms with E-state index in [1.54, 1.807) is 0 Å². The number of methoxy groups -OCH3 is 1. The van der Waals surface area contributed by atoms with Crippen LogP contribution in [0.15, 0.2) is 0 Å². The zero-order valence-corrected chi connectivity index (χ0v) is 10.1. The number of nitrogens with one attached hydrogen (secondary N) is 1. The van der Waals surface area contributed by atoms with E-state index in [-0.39, 0.29) is 5.25 Å². The van der Waals surface area contributed by atoms with Crippen LogP contribution in [-0.4, -0.2) is 44.6 Å². The van der Waals surface area contributed by atoms with E-state index < -0.39 is 21.6 Å². The number of ether oxygens (including phenoxy) is 1. The lowest BCUT2D eigenvalue weighted by Crippen LogP contribution is -2.44. The van der Waals surface area contributed by atoms with Crippen molar-refractivity contribution in [3.8, 4) is 0 Å². The molecule has 0 aromatic rings. The lowest BCUT2D eigenvalue weighted by atomic mass is 10.1. The largest absolute Gasteiger partial charge is 0.468 e. The van der Waals surface area contributed by atoms with Gasteiger partial charge in [-0.25, -0.2) is 8.42 Å². The van der Waals surface area contributed by atoms with Gasteiger partial charge in [-0.05, 0) is 25.7 Å². The van der Waals surface area contributed by atoms with Gasteiger partial charge < -0.3 is 10.1 Å². The Morgan fingerprint density at radius 1 is 1.31 bits per heavy atom. The molecular formula is C10H17NO4S. The summed E-state index contributed by atoms with van der Waals surface area (Å²) < 4.78 is 28.3. The van der Waals surface area contributed by atoms with Crippen molar-refractivity contribution in [1.82, 2.24) is 5.32 Å². The van der Waals surface area contributed by atoms with E-state index in [1.165, 1.54) is 7.11 Å². The molecule has 92 valence electrons. The minimum absolute atomic E-state index is 0.316. The Kier molecular flexibility index (Phi) is 3.21. The van der Waals surface area contributed by atoms with Crippen LogP contribution in [0, 0.1) is 0 Å². The fourth-order valence-electron chi connectivity index (χ4n) is 2.64. The smallest absolute Gasteiger partial charge is 0.320 e. The third-order valence-electron chi connectivity index (χ3n) is 3.48. The molecule has 0 unspecified atom stereocenters. The topological polar surface area (TPSA) is 72.5 Å². The molecule has 6 heteroatoms. The standard InChI is InChI=1S/C10H17NO4S/c1-15-10(12)6-16(13,14)9-4-7-2-3-8(5-9)11-7/h7-9,11H,2-6H2,1H3/t7-,8-/m1/s1. The molecule has 1 N–H and O–H groups in total. The normalized spacial score (nSPS) is 33.7. The van der Waals surface area contributed by atoms with Gasteiger partial charge in [0.1, 0.15) is 5.75 Å². The summed E-state index contributed by atoms with van der Waals surface area (Å²) in [4.78, 5) is 11.0. The minimum atomic E-state index is -3.34. The van der Waals surface area contributed by atoms with Crippen LogP contribution in [0.5, 0.6) is 0 Å². The summed E-state index contributed by atoms with van der Waals surface area (Å²) in [6.45, 7) is 0. The minimum Gasteiger partial charge on any atom is -0.468 e. The number of hydrogen-bond donors (Lipinski definition) is 1. The maximum absolute atomic E-state index is 11.9. The molecule has 2 fully saturated rings. The SMILES string of the molecule is COC(=O)CS(=O)(=O)C1C[C@H]2CC[C@H](C1)N2. The summed E-state index contributed by atoms with van der Waals surface area (Å²) in [6, 6.07) is 0.632. The predicted molar refractivity (Wildman–Crippen MR) is 58.8 cm³/mol. The van der Waals surface area contributed by atoms with E-state index in [9.17, 15) is 13.2 Å². The molecule has 2 atom stereocenters. The summed E-state index contributed by atoms with van der Waals surface area (Å²) in [5.41, 5.74) is 0. The maximum atomic E-state index is 11.9. The number of esters is 1. The van der Waals surface area contributed by atoms with Crippen molar-refractivity contribution in [2.24, 2.45) is 0 Å². The van der Waals surface area contributed by atoms with E-state index in [4.69, 9.17) is 0 Å². The summed E-state index contributed by atoms with van der Waals surface area (Å²) in [5.74, 6) is -1.14. The first-order valence-electron chi connectivity index (χ1n) is 5.55. The van der Waals surface area contributed by atoms with Crippen molar-refractivity contribution >= 4 is 15.8 Å². The Morgan fingerprint density at radius 2 is 1.88 bits per heavy atom. The highest BCUT2D eigenvalue weighted by Gasteiger charge is 2.40.